The van der Waals surface area contributed by atoms with E-state index in [0.29, 0.717) is 5.56 Å². The number of benzene rings is 1. The maximum Gasteiger partial charge on any atom is 0.254 e. The number of hydrogen-bond acceptors (Lipinski definition) is 2. The minimum Gasteiger partial charge on any atom is -0.349 e. The number of hydrogen-bond donors (Lipinski definition) is 2. The molecule has 1 aliphatic rings. The Bertz CT molecular complexity index is 569. The van der Waals surface area contributed by atoms with Gasteiger partial charge in [-0.2, -0.15) is 0 Å². The van der Waals surface area contributed by atoms with Crippen LogP contribution in [0.15, 0.2) is 18.2 Å². The van der Waals surface area contributed by atoms with Crippen LogP contribution < -0.4 is 11.1 Å². The van der Waals surface area contributed by atoms with Crippen LogP contribution in [0.2, 0.25) is 0 Å². The molecular weight excluding hydrogens is 243 g/mol. The van der Waals surface area contributed by atoms with E-state index in [2.05, 4.69) is 31.0 Å². The average molecular weight is 260 g/mol. The van der Waals surface area contributed by atoms with Crippen molar-refractivity contribution in [3.63, 3.8) is 0 Å². The van der Waals surface area contributed by atoms with Gasteiger partial charge in [0.1, 0.15) is 5.82 Å². The Kier molecular flexibility index (Phi) is 3.59. The van der Waals surface area contributed by atoms with Crippen LogP contribution in [0.4, 0.5) is 4.39 Å². The Hall–Kier alpha value is -1.86. The standard InChI is InChI=1S/C15H17FN2O/c1-15(2)9-13(15)18-14(19)11-6-5-10(4-3-7-17)8-12(11)16/h5-6,8,13H,7,9,17H2,1-2H3,(H,18,19). The van der Waals surface area contributed by atoms with E-state index in [1.807, 2.05) is 0 Å². The molecule has 1 aliphatic carbocycles. The van der Waals surface area contributed by atoms with Crippen molar-refractivity contribution in [3.05, 3.63) is 35.1 Å². The van der Waals surface area contributed by atoms with E-state index in [1.165, 1.54) is 12.1 Å². The van der Waals surface area contributed by atoms with Gasteiger partial charge in [0.15, 0.2) is 0 Å². The molecule has 1 amide bonds. The molecule has 1 fully saturated rings. The molecule has 100 valence electrons. The molecular formula is C15H17FN2O. The maximum atomic E-state index is 13.8. The highest BCUT2D eigenvalue weighted by atomic mass is 19.1. The van der Waals surface area contributed by atoms with E-state index < -0.39 is 5.82 Å². The zero-order valence-corrected chi connectivity index (χ0v) is 11.1. The second kappa shape index (κ2) is 5.02. The van der Waals surface area contributed by atoms with E-state index in [4.69, 9.17) is 5.73 Å². The minimum atomic E-state index is -0.556. The van der Waals surface area contributed by atoms with Crippen molar-refractivity contribution in [2.75, 3.05) is 6.54 Å². The molecule has 0 heterocycles. The van der Waals surface area contributed by atoms with Crippen molar-refractivity contribution < 1.29 is 9.18 Å². The SMILES string of the molecule is CC1(C)CC1NC(=O)c1ccc(C#CCN)cc1F. The van der Waals surface area contributed by atoms with E-state index in [0.717, 1.165) is 6.42 Å². The van der Waals surface area contributed by atoms with Crippen LogP contribution in [-0.4, -0.2) is 18.5 Å². The summed E-state index contributed by atoms with van der Waals surface area (Å²) in [5.74, 6) is 4.45. The van der Waals surface area contributed by atoms with Crippen molar-refractivity contribution in [3.8, 4) is 11.8 Å². The molecule has 1 aromatic carbocycles. The van der Waals surface area contributed by atoms with Crippen LogP contribution in [0.25, 0.3) is 0 Å². The first kappa shape index (κ1) is 13.6. The number of amides is 1. The summed E-state index contributed by atoms with van der Waals surface area (Å²) in [6.07, 6.45) is 0.931. The summed E-state index contributed by atoms with van der Waals surface area (Å²) >= 11 is 0. The van der Waals surface area contributed by atoms with E-state index in [-0.39, 0.29) is 29.5 Å². The van der Waals surface area contributed by atoms with Crippen LogP contribution in [0.1, 0.15) is 36.2 Å². The highest BCUT2D eigenvalue weighted by Crippen LogP contribution is 2.44. The number of carbonyl (C=O) groups is 1. The van der Waals surface area contributed by atoms with Gasteiger partial charge in [-0.3, -0.25) is 4.79 Å². The van der Waals surface area contributed by atoms with Gasteiger partial charge in [0.25, 0.3) is 5.91 Å². The van der Waals surface area contributed by atoms with E-state index in [1.54, 1.807) is 6.07 Å². The lowest BCUT2D eigenvalue weighted by Crippen LogP contribution is -2.29. The molecule has 1 aromatic rings. The lowest BCUT2D eigenvalue weighted by atomic mass is 10.1. The Labute approximate surface area is 112 Å². The minimum absolute atomic E-state index is 0.0565. The fourth-order valence-electron chi connectivity index (χ4n) is 1.88. The molecule has 1 saturated carbocycles. The number of rotatable bonds is 2. The highest BCUT2D eigenvalue weighted by Gasteiger charge is 2.46. The van der Waals surface area contributed by atoms with Gasteiger partial charge >= 0.3 is 0 Å². The van der Waals surface area contributed by atoms with Gasteiger partial charge in [-0.1, -0.05) is 25.7 Å². The van der Waals surface area contributed by atoms with Gasteiger partial charge in [0, 0.05) is 11.6 Å². The van der Waals surface area contributed by atoms with E-state index in [9.17, 15) is 9.18 Å². The predicted molar refractivity (Wildman–Crippen MR) is 72.0 cm³/mol. The van der Waals surface area contributed by atoms with Crippen LogP contribution >= 0.6 is 0 Å². The van der Waals surface area contributed by atoms with Crippen molar-refractivity contribution in [2.45, 2.75) is 26.3 Å². The zero-order chi connectivity index (χ0) is 14.0. The number of nitrogens with two attached hydrogens (primary N) is 1. The second-order valence-corrected chi connectivity index (χ2v) is 5.42. The fraction of sp³-hybridized carbons (Fsp3) is 0.400. The first-order chi connectivity index (χ1) is 8.94. The monoisotopic (exact) mass is 260 g/mol. The van der Waals surface area contributed by atoms with Gasteiger partial charge in [-0.05, 0) is 30.0 Å². The van der Waals surface area contributed by atoms with Gasteiger partial charge in [0.05, 0.1) is 12.1 Å². The van der Waals surface area contributed by atoms with Crippen LogP contribution in [0.5, 0.6) is 0 Å². The molecule has 0 radical (unpaired) electrons. The van der Waals surface area contributed by atoms with Gasteiger partial charge < -0.3 is 11.1 Å². The van der Waals surface area contributed by atoms with Crippen molar-refractivity contribution in [2.24, 2.45) is 11.1 Å². The molecule has 1 unspecified atom stereocenters. The topological polar surface area (TPSA) is 55.1 Å². The first-order valence-corrected chi connectivity index (χ1v) is 6.23. The van der Waals surface area contributed by atoms with Gasteiger partial charge in [0.2, 0.25) is 0 Å². The molecule has 0 aromatic heterocycles. The fourth-order valence-corrected chi connectivity index (χ4v) is 1.88. The molecule has 4 heteroatoms. The molecule has 2 rings (SSSR count). The van der Waals surface area contributed by atoms with Crippen molar-refractivity contribution in [1.29, 1.82) is 0 Å². The Morgan fingerprint density at radius 3 is 2.79 bits per heavy atom. The molecule has 3 N–H and O–H groups in total. The largest absolute Gasteiger partial charge is 0.349 e. The van der Waals surface area contributed by atoms with Crippen molar-refractivity contribution >= 4 is 5.91 Å². The van der Waals surface area contributed by atoms with Gasteiger partial charge in [-0.25, -0.2) is 4.39 Å². The summed E-state index contributed by atoms with van der Waals surface area (Å²) < 4.78 is 13.8. The quantitative estimate of drug-likeness (QED) is 0.795. The summed E-state index contributed by atoms with van der Waals surface area (Å²) in [5.41, 5.74) is 5.95. The smallest absolute Gasteiger partial charge is 0.254 e. The molecule has 1 atom stereocenters. The lowest BCUT2D eigenvalue weighted by Gasteiger charge is -2.07. The number of nitrogens with one attached hydrogen (secondary N) is 1. The summed E-state index contributed by atoms with van der Waals surface area (Å²) in [5, 5.41) is 2.83. The third kappa shape index (κ3) is 3.12. The van der Waals surface area contributed by atoms with Crippen LogP contribution in [0.3, 0.4) is 0 Å². The first-order valence-electron chi connectivity index (χ1n) is 6.23. The summed E-state index contributed by atoms with van der Waals surface area (Å²) in [6.45, 7) is 4.36. The summed E-state index contributed by atoms with van der Waals surface area (Å²) in [7, 11) is 0. The highest BCUT2D eigenvalue weighted by molar-refractivity contribution is 5.95. The van der Waals surface area contributed by atoms with Crippen LogP contribution in [-0.2, 0) is 0 Å². The molecule has 19 heavy (non-hydrogen) atoms. The molecule has 3 nitrogen and oxygen atoms in total. The second-order valence-electron chi connectivity index (χ2n) is 5.42. The molecule has 0 saturated heterocycles. The third-order valence-corrected chi connectivity index (χ3v) is 3.37. The lowest BCUT2D eigenvalue weighted by molar-refractivity contribution is 0.0942. The Balaban J connectivity index is 2.10. The third-order valence-electron chi connectivity index (χ3n) is 3.37. The zero-order valence-electron chi connectivity index (χ0n) is 11.1. The normalized spacial score (nSPS) is 19.3. The van der Waals surface area contributed by atoms with Crippen LogP contribution in [0, 0.1) is 23.1 Å². The summed E-state index contributed by atoms with van der Waals surface area (Å²) in [6, 6.07) is 4.48. The Morgan fingerprint density at radius 2 is 2.26 bits per heavy atom. The molecule has 0 aliphatic heterocycles. The summed E-state index contributed by atoms with van der Waals surface area (Å²) in [4.78, 5) is 11.9. The average Bonchev–Trinajstić information content (AvgIpc) is 2.93. The molecule has 0 spiro atoms. The number of halogens is 1. The predicted octanol–water partition coefficient (Wildman–Crippen LogP) is 1.66. The Morgan fingerprint density at radius 1 is 1.58 bits per heavy atom. The van der Waals surface area contributed by atoms with Gasteiger partial charge in [-0.15, -0.1) is 0 Å². The maximum absolute atomic E-state index is 13.8. The molecule has 0 bridgehead atoms. The van der Waals surface area contributed by atoms with E-state index >= 15 is 0 Å². The van der Waals surface area contributed by atoms with Crippen molar-refractivity contribution in [1.82, 2.24) is 5.32 Å². The number of carbonyl (C=O) groups excluding carboxylic acids is 1.